The number of rotatable bonds is 8. The van der Waals surface area contributed by atoms with E-state index in [0.717, 1.165) is 42.2 Å². The zero-order valence-corrected chi connectivity index (χ0v) is 23.9. The van der Waals surface area contributed by atoms with Gasteiger partial charge in [0.2, 0.25) is 0 Å². The largest absolute Gasteiger partial charge is 0.496 e. The van der Waals surface area contributed by atoms with Crippen molar-refractivity contribution in [1.29, 1.82) is 0 Å². The molecule has 35 heavy (non-hydrogen) atoms. The second-order valence-corrected chi connectivity index (χ2v) is 11.3. The van der Waals surface area contributed by atoms with Crippen LogP contribution >= 0.6 is 43.5 Å². The van der Waals surface area contributed by atoms with E-state index >= 15 is 0 Å². The Morgan fingerprint density at radius 3 is 2.29 bits per heavy atom. The Morgan fingerprint density at radius 2 is 1.63 bits per heavy atom. The lowest BCUT2D eigenvalue weighted by Gasteiger charge is -2.39. The molecule has 0 fully saturated rings. The quantitative estimate of drug-likeness (QED) is 0.218. The standard InChI is InChI=1S/C29H28Br2ClNO2/c1-33(2)14-13-29(34,22-5-4-6-23(30)18-22)28(19-8-11-25(32)12-9-19)26-16-21-15-24(31)10-7-20(21)17-27(26)35-3/h4-12,15-18,28,34H,13-14H2,1-3H3/t28-,29+/m1/s1. The minimum Gasteiger partial charge on any atom is -0.496 e. The van der Waals surface area contributed by atoms with Crippen LogP contribution in [-0.2, 0) is 5.60 Å². The lowest BCUT2D eigenvalue weighted by Crippen LogP contribution is -2.37. The number of aliphatic hydroxyl groups is 1. The van der Waals surface area contributed by atoms with E-state index in [9.17, 15) is 5.11 Å². The summed E-state index contributed by atoms with van der Waals surface area (Å²) in [6.45, 7) is 0.703. The summed E-state index contributed by atoms with van der Waals surface area (Å²) < 4.78 is 7.84. The maximum Gasteiger partial charge on any atom is 0.123 e. The molecule has 0 spiro atoms. The van der Waals surface area contributed by atoms with Crippen LogP contribution in [0.3, 0.4) is 0 Å². The zero-order valence-electron chi connectivity index (χ0n) is 19.9. The molecule has 0 radical (unpaired) electrons. The van der Waals surface area contributed by atoms with Crippen molar-refractivity contribution in [2.45, 2.75) is 17.9 Å². The molecule has 2 atom stereocenters. The first-order chi connectivity index (χ1) is 16.7. The molecular formula is C29H28Br2ClNO2. The van der Waals surface area contributed by atoms with Crippen molar-refractivity contribution in [2.75, 3.05) is 27.7 Å². The van der Waals surface area contributed by atoms with E-state index in [1.807, 2.05) is 74.8 Å². The summed E-state index contributed by atoms with van der Waals surface area (Å²) in [4.78, 5) is 2.09. The van der Waals surface area contributed by atoms with Gasteiger partial charge >= 0.3 is 0 Å². The molecular weight excluding hydrogens is 590 g/mol. The van der Waals surface area contributed by atoms with Gasteiger partial charge in [-0.3, -0.25) is 0 Å². The van der Waals surface area contributed by atoms with Crippen LogP contribution in [0.25, 0.3) is 10.8 Å². The average molecular weight is 618 g/mol. The van der Waals surface area contributed by atoms with Crippen molar-refractivity contribution >= 4 is 54.2 Å². The Kier molecular flexibility index (Phi) is 8.24. The molecule has 0 unspecified atom stereocenters. The van der Waals surface area contributed by atoms with E-state index < -0.39 is 11.5 Å². The minimum atomic E-state index is -1.23. The highest BCUT2D eigenvalue weighted by Gasteiger charge is 2.42. The monoisotopic (exact) mass is 615 g/mol. The lowest BCUT2D eigenvalue weighted by atomic mass is 9.71. The third-order valence-electron chi connectivity index (χ3n) is 6.41. The molecule has 0 amide bonds. The Labute approximate surface area is 228 Å². The van der Waals surface area contributed by atoms with Gasteiger partial charge in [-0.1, -0.05) is 73.8 Å². The molecule has 0 aliphatic heterocycles. The maximum atomic E-state index is 12.7. The van der Waals surface area contributed by atoms with Gasteiger partial charge in [0.05, 0.1) is 7.11 Å². The third kappa shape index (κ3) is 5.76. The first kappa shape index (κ1) is 26.2. The molecule has 0 saturated heterocycles. The molecule has 182 valence electrons. The molecule has 0 aromatic heterocycles. The van der Waals surface area contributed by atoms with Gasteiger partial charge in [-0.2, -0.15) is 0 Å². The van der Waals surface area contributed by atoms with Gasteiger partial charge in [0.15, 0.2) is 0 Å². The number of fused-ring (bicyclic) bond motifs is 1. The molecule has 0 aliphatic carbocycles. The number of ether oxygens (including phenoxy) is 1. The zero-order chi connectivity index (χ0) is 25.2. The van der Waals surface area contributed by atoms with Gasteiger partial charge in [-0.25, -0.2) is 0 Å². The van der Waals surface area contributed by atoms with Crippen molar-refractivity contribution in [3.63, 3.8) is 0 Å². The minimum absolute atomic E-state index is 0.410. The molecule has 0 saturated carbocycles. The predicted octanol–water partition coefficient (Wildman–Crippen LogP) is 8.00. The number of hydrogen-bond acceptors (Lipinski definition) is 3. The fraction of sp³-hybridized carbons (Fsp3) is 0.241. The highest BCUT2D eigenvalue weighted by molar-refractivity contribution is 9.10. The fourth-order valence-electron chi connectivity index (χ4n) is 4.64. The summed E-state index contributed by atoms with van der Waals surface area (Å²) in [6.07, 6.45) is 0.517. The molecule has 0 bridgehead atoms. The van der Waals surface area contributed by atoms with Crippen molar-refractivity contribution < 1.29 is 9.84 Å². The van der Waals surface area contributed by atoms with Crippen LogP contribution < -0.4 is 4.74 Å². The number of hydrogen-bond donors (Lipinski definition) is 1. The van der Waals surface area contributed by atoms with Crippen LogP contribution in [0, 0.1) is 0 Å². The molecule has 0 aliphatic rings. The van der Waals surface area contributed by atoms with Crippen LogP contribution in [0.2, 0.25) is 5.02 Å². The Balaban J connectivity index is 2.03. The van der Waals surface area contributed by atoms with E-state index in [1.165, 1.54) is 0 Å². The number of methoxy groups -OCH3 is 1. The van der Waals surface area contributed by atoms with Crippen LogP contribution in [0.15, 0.2) is 87.8 Å². The molecule has 6 heteroatoms. The van der Waals surface area contributed by atoms with Gasteiger partial charge in [0, 0.05) is 32.0 Å². The first-order valence-electron chi connectivity index (χ1n) is 11.4. The van der Waals surface area contributed by atoms with Gasteiger partial charge in [-0.05, 0) is 90.9 Å². The maximum absolute atomic E-state index is 12.7. The van der Waals surface area contributed by atoms with E-state index in [-0.39, 0.29) is 0 Å². The third-order valence-corrected chi connectivity index (χ3v) is 7.65. The second kappa shape index (κ2) is 11.0. The van der Waals surface area contributed by atoms with Crippen molar-refractivity contribution in [3.05, 3.63) is 110 Å². The highest BCUT2D eigenvalue weighted by Crippen LogP contribution is 2.48. The van der Waals surface area contributed by atoms with Gasteiger partial charge < -0.3 is 14.7 Å². The predicted molar refractivity (Wildman–Crippen MR) is 153 cm³/mol. The fourth-order valence-corrected chi connectivity index (χ4v) is 5.55. The van der Waals surface area contributed by atoms with E-state index in [0.29, 0.717) is 18.0 Å². The SMILES string of the molecule is COc1cc2ccc(Br)cc2cc1[C@@H](c1ccc(Cl)cc1)[C@](O)(CCN(C)C)c1cccc(Br)c1. The lowest BCUT2D eigenvalue weighted by molar-refractivity contribution is 0.00389. The summed E-state index contributed by atoms with van der Waals surface area (Å²) in [5, 5.41) is 15.5. The van der Waals surface area contributed by atoms with Crippen LogP contribution in [0.1, 0.15) is 29.0 Å². The molecule has 4 aromatic rings. The Hall–Kier alpha value is -1.89. The summed E-state index contributed by atoms with van der Waals surface area (Å²) in [6, 6.07) is 26.0. The van der Waals surface area contributed by atoms with E-state index in [2.05, 4.69) is 55.0 Å². The van der Waals surface area contributed by atoms with Crippen molar-refractivity contribution in [3.8, 4) is 5.75 Å². The van der Waals surface area contributed by atoms with E-state index in [1.54, 1.807) is 7.11 Å². The topological polar surface area (TPSA) is 32.7 Å². The van der Waals surface area contributed by atoms with Crippen molar-refractivity contribution in [1.82, 2.24) is 4.90 Å². The van der Waals surface area contributed by atoms with Crippen LogP contribution in [0.5, 0.6) is 5.75 Å². The summed E-state index contributed by atoms with van der Waals surface area (Å²) in [7, 11) is 5.72. The van der Waals surface area contributed by atoms with Gasteiger partial charge in [0.25, 0.3) is 0 Å². The number of halogens is 3. The molecule has 0 heterocycles. The van der Waals surface area contributed by atoms with E-state index in [4.69, 9.17) is 16.3 Å². The molecule has 4 aromatic carbocycles. The van der Waals surface area contributed by atoms with Gasteiger partial charge in [0.1, 0.15) is 11.4 Å². The molecule has 4 rings (SSSR count). The number of benzene rings is 4. The summed E-state index contributed by atoms with van der Waals surface area (Å²) in [5.74, 6) is 0.324. The van der Waals surface area contributed by atoms with Gasteiger partial charge in [-0.15, -0.1) is 0 Å². The highest BCUT2D eigenvalue weighted by atomic mass is 79.9. The normalized spacial score (nSPS) is 14.2. The van der Waals surface area contributed by atoms with Crippen LogP contribution in [-0.4, -0.2) is 37.8 Å². The average Bonchev–Trinajstić information content (AvgIpc) is 2.83. The number of nitrogens with zero attached hydrogens (tertiary/aromatic N) is 1. The van der Waals surface area contributed by atoms with Crippen molar-refractivity contribution in [2.24, 2.45) is 0 Å². The Bertz CT molecular complexity index is 1330. The Morgan fingerprint density at radius 1 is 0.914 bits per heavy atom. The second-order valence-electron chi connectivity index (χ2n) is 9.06. The molecule has 3 nitrogen and oxygen atoms in total. The first-order valence-corrected chi connectivity index (χ1v) is 13.3. The van der Waals surface area contributed by atoms with Crippen LogP contribution in [0.4, 0.5) is 0 Å². The summed E-state index contributed by atoms with van der Waals surface area (Å²) >= 11 is 13.5. The smallest absolute Gasteiger partial charge is 0.123 e. The molecule has 1 N–H and O–H groups in total. The summed E-state index contributed by atoms with van der Waals surface area (Å²) in [5.41, 5.74) is 1.49.